The molecule has 1 amide bonds. The van der Waals surface area contributed by atoms with Crippen molar-refractivity contribution in [3.8, 4) is 0 Å². The molecule has 4 aliphatic rings. The molecule has 1 heterocycles. The number of nitrogens with zero attached hydrogens (tertiary/aromatic N) is 1. The van der Waals surface area contributed by atoms with Crippen LogP contribution in [0.1, 0.15) is 50.5 Å². The summed E-state index contributed by atoms with van der Waals surface area (Å²) in [6.07, 6.45) is 8.63. The van der Waals surface area contributed by atoms with Crippen molar-refractivity contribution in [1.29, 1.82) is 0 Å². The van der Waals surface area contributed by atoms with Gasteiger partial charge in [-0.25, -0.2) is 4.98 Å². The predicted molar refractivity (Wildman–Crippen MR) is 116 cm³/mol. The normalized spacial score (nSPS) is 29.9. The first kappa shape index (κ1) is 18.9. The quantitative estimate of drug-likeness (QED) is 0.676. The number of aliphatic hydroxyl groups excluding tert-OH is 1. The number of anilines is 2. The molecular weight excluding hydrogens is 362 g/mol. The molecule has 0 saturated heterocycles. The summed E-state index contributed by atoms with van der Waals surface area (Å²) in [7, 11) is 0. The highest BCUT2D eigenvalue weighted by atomic mass is 16.3. The Balaban J connectivity index is 1.35. The summed E-state index contributed by atoms with van der Waals surface area (Å²) in [6, 6.07) is 7.93. The maximum absolute atomic E-state index is 13.1. The summed E-state index contributed by atoms with van der Waals surface area (Å²) in [6.45, 7) is 2.58. The molecule has 4 fully saturated rings. The maximum Gasteiger partial charge on any atom is 0.224 e. The number of hydrogen-bond acceptors (Lipinski definition) is 4. The van der Waals surface area contributed by atoms with Crippen molar-refractivity contribution in [2.75, 3.05) is 23.8 Å². The molecule has 4 aliphatic carbocycles. The zero-order valence-electron chi connectivity index (χ0n) is 17.2. The molecule has 0 radical (unpaired) electrons. The highest BCUT2D eigenvalue weighted by Crippen LogP contribution is 2.61. The lowest BCUT2D eigenvalue weighted by Crippen LogP contribution is -2.47. The molecule has 2 aromatic rings. The molecule has 4 saturated carbocycles. The van der Waals surface area contributed by atoms with Gasteiger partial charge < -0.3 is 15.7 Å². The van der Waals surface area contributed by atoms with Gasteiger partial charge in [0.15, 0.2) is 0 Å². The van der Waals surface area contributed by atoms with Crippen molar-refractivity contribution < 1.29 is 9.90 Å². The topological polar surface area (TPSA) is 74.2 Å². The largest absolute Gasteiger partial charge is 0.395 e. The first-order valence-electron chi connectivity index (χ1n) is 11.1. The van der Waals surface area contributed by atoms with E-state index >= 15 is 0 Å². The fourth-order valence-electron chi connectivity index (χ4n) is 6.79. The number of pyridine rings is 1. The molecule has 1 aromatic heterocycles. The van der Waals surface area contributed by atoms with Gasteiger partial charge in [-0.05, 0) is 92.4 Å². The van der Waals surface area contributed by atoms with Crippen LogP contribution in [0, 0.1) is 30.1 Å². The fourth-order valence-corrected chi connectivity index (χ4v) is 6.79. The van der Waals surface area contributed by atoms with E-state index in [1.54, 1.807) is 0 Å². The molecule has 3 N–H and O–H groups in total. The first-order chi connectivity index (χ1) is 14.0. The third kappa shape index (κ3) is 3.61. The summed E-state index contributed by atoms with van der Waals surface area (Å²) in [5, 5.41) is 16.3. The van der Waals surface area contributed by atoms with Gasteiger partial charge >= 0.3 is 0 Å². The third-order valence-corrected chi connectivity index (χ3v) is 7.46. The Hall–Kier alpha value is -2.14. The van der Waals surface area contributed by atoms with Gasteiger partial charge in [0.1, 0.15) is 5.82 Å². The molecule has 5 heteroatoms. The number of fused-ring (bicyclic) bond motifs is 1. The van der Waals surface area contributed by atoms with E-state index in [-0.39, 0.29) is 17.9 Å². The minimum Gasteiger partial charge on any atom is -0.395 e. The van der Waals surface area contributed by atoms with Crippen LogP contribution in [-0.2, 0) is 4.79 Å². The lowest BCUT2D eigenvalue weighted by molar-refractivity contribution is -0.124. The number of carbonyl (C=O) groups excluding carboxylic acids is 1. The molecule has 154 valence electrons. The van der Waals surface area contributed by atoms with Crippen LogP contribution in [-0.4, -0.2) is 29.1 Å². The highest BCUT2D eigenvalue weighted by Gasteiger charge is 2.51. The van der Waals surface area contributed by atoms with Crippen LogP contribution in [0.25, 0.3) is 10.9 Å². The number of nitrogens with one attached hydrogen (secondary N) is 2. The molecule has 29 heavy (non-hydrogen) atoms. The van der Waals surface area contributed by atoms with E-state index in [0.717, 1.165) is 45.7 Å². The van der Waals surface area contributed by atoms with Crippen molar-refractivity contribution in [2.45, 2.75) is 51.9 Å². The zero-order valence-corrected chi connectivity index (χ0v) is 17.2. The van der Waals surface area contributed by atoms with Gasteiger partial charge in [0.05, 0.1) is 17.8 Å². The van der Waals surface area contributed by atoms with E-state index in [4.69, 9.17) is 5.11 Å². The second-order valence-corrected chi connectivity index (χ2v) is 9.81. The number of benzene rings is 1. The monoisotopic (exact) mass is 393 g/mol. The van der Waals surface area contributed by atoms with Gasteiger partial charge in [-0.2, -0.15) is 0 Å². The van der Waals surface area contributed by atoms with Crippen molar-refractivity contribution in [1.82, 2.24) is 4.98 Å². The van der Waals surface area contributed by atoms with Gasteiger partial charge in [0, 0.05) is 18.4 Å². The lowest BCUT2D eigenvalue weighted by atomic mass is 9.49. The Morgan fingerprint density at radius 2 is 1.79 bits per heavy atom. The van der Waals surface area contributed by atoms with Gasteiger partial charge in [-0.1, -0.05) is 6.07 Å². The van der Waals surface area contributed by atoms with Gasteiger partial charge in [0.2, 0.25) is 5.91 Å². The first-order valence-corrected chi connectivity index (χ1v) is 11.1. The Labute approximate surface area is 172 Å². The summed E-state index contributed by atoms with van der Waals surface area (Å²) < 4.78 is 0. The molecule has 0 spiro atoms. The fraction of sp³-hybridized carbons (Fsp3) is 0.583. The molecule has 6 rings (SSSR count). The maximum atomic E-state index is 13.1. The highest BCUT2D eigenvalue weighted by molar-refractivity contribution is 6.02. The Morgan fingerprint density at radius 3 is 2.45 bits per heavy atom. The Bertz CT molecular complexity index is 904. The number of aryl methyl sites for hydroxylation is 1. The molecule has 0 atom stereocenters. The van der Waals surface area contributed by atoms with E-state index in [1.807, 2.05) is 31.2 Å². The van der Waals surface area contributed by atoms with Gasteiger partial charge in [-0.3, -0.25) is 4.79 Å². The smallest absolute Gasteiger partial charge is 0.224 e. The predicted octanol–water partition coefficient (Wildman–Crippen LogP) is 4.49. The molecule has 4 bridgehead atoms. The van der Waals surface area contributed by atoms with Crippen LogP contribution >= 0.6 is 0 Å². The van der Waals surface area contributed by atoms with E-state index in [0.29, 0.717) is 13.0 Å². The summed E-state index contributed by atoms with van der Waals surface area (Å²) >= 11 is 0. The standard InChI is InChI=1S/C24H31N3O2/c1-15-2-4-20-19(3-5-21(26-20)25-6-7-28)23(15)27-22(29)14-24-11-16-8-17(12-24)10-18(9-16)13-24/h2-5,16-18,28H,6-14H2,1H3,(H,25,26)(H,27,29). The second kappa shape index (κ2) is 7.28. The molecule has 0 aliphatic heterocycles. The summed E-state index contributed by atoms with van der Waals surface area (Å²) in [4.78, 5) is 17.8. The lowest BCUT2D eigenvalue weighted by Gasteiger charge is -2.56. The summed E-state index contributed by atoms with van der Waals surface area (Å²) in [5.41, 5.74) is 3.05. The molecule has 1 aromatic carbocycles. The van der Waals surface area contributed by atoms with E-state index in [9.17, 15) is 4.79 Å². The zero-order chi connectivity index (χ0) is 20.0. The molecular formula is C24H31N3O2. The van der Waals surface area contributed by atoms with Crippen LogP contribution < -0.4 is 10.6 Å². The molecule has 5 nitrogen and oxygen atoms in total. The van der Waals surface area contributed by atoms with Crippen molar-refractivity contribution in [2.24, 2.45) is 23.2 Å². The van der Waals surface area contributed by atoms with E-state index < -0.39 is 0 Å². The van der Waals surface area contributed by atoms with Crippen molar-refractivity contribution in [3.05, 3.63) is 29.8 Å². The number of rotatable bonds is 6. The SMILES string of the molecule is Cc1ccc2nc(NCCO)ccc2c1NC(=O)CC12CC3CC(CC(C3)C1)C2. The minimum atomic E-state index is 0.0687. The van der Waals surface area contributed by atoms with Crippen LogP contribution in [0.2, 0.25) is 0 Å². The number of hydrogen-bond donors (Lipinski definition) is 3. The van der Waals surface area contributed by atoms with Gasteiger partial charge in [0.25, 0.3) is 0 Å². The molecule has 0 unspecified atom stereocenters. The van der Waals surface area contributed by atoms with Gasteiger partial charge in [-0.15, -0.1) is 0 Å². The van der Waals surface area contributed by atoms with Crippen LogP contribution in [0.4, 0.5) is 11.5 Å². The summed E-state index contributed by atoms with van der Waals surface area (Å²) in [5.74, 6) is 3.48. The van der Waals surface area contributed by atoms with Crippen molar-refractivity contribution in [3.63, 3.8) is 0 Å². The van der Waals surface area contributed by atoms with E-state index in [1.165, 1.54) is 38.5 Å². The van der Waals surface area contributed by atoms with Crippen LogP contribution in [0.15, 0.2) is 24.3 Å². The van der Waals surface area contributed by atoms with E-state index in [2.05, 4.69) is 15.6 Å². The van der Waals surface area contributed by atoms with Crippen LogP contribution in [0.3, 0.4) is 0 Å². The number of carbonyl (C=O) groups is 1. The second-order valence-electron chi connectivity index (χ2n) is 9.81. The average molecular weight is 394 g/mol. The van der Waals surface area contributed by atoms with Crippen LogP contribution in [0.5, 0.6) is 0 Å². The number of amides is 1. The number of aliphatic hydroxyl groups is 1. The Morgan fingerprint density at radius 1 is 1.10 bits per heavy atom. The average Bonchev–Trinajstić information content (AvgIpc) is 2.67. The third-order valence-electron chi connectivity index (χ3n) is 7.46. The Kier molecular flexibility index (Phi) is 4.73. The van der Waals surface area contributed by atoms with Crippen molar-refractivity contribution >= 4 is 28.3 Å². The number of aromatic nitrogens is 1. The minimum absolute atomic E-state index is 0.0687.